The number of nitrogens with zero attached hydrogens (tertiary/aromatic N) is 3. The molecule has 0 N–H and O–H groups in total. The highest BCUT2D eigenvalue weighted by molar-refractivity contribution is 6.27. The minimum absolute atomic E-state index is 0.234. The van der Waals surface area contributed by atoms with Crippen LogP contribution in [-0.4, -0.2) is 14.5 Å². The average molecular weight is 685 g/mol. The molecule has 0 amide bonds. The summed E-state index contributed by atoms with van der Waals surface area (Å²) in [5, 5.41) is -3.52. The zero-order valence-corrected chi connectivity index (χ0v) is 22.3. The van der Waals surface area contributed by atoms with Crippen molar-refractivity contribution in [3.05, 3.63) is 88.7 Å². The summed E-state index contributed by atoms with van der Waals surface area (Å²) < 4.78 is 208. The third kappa shape index (κ3) is 5.32. The highest BCUT2D eigenvalue weighted by atomic mass is 19.4. The summed E-state index contributed by atoms with van der Waals surface area (Å²) in [6, 6.07) is 5.35. The molecule has 0 atom stereocenters. The van der Waals surface area contributed by atoms with Gasteiger partial charge in [0.05, 0.1) is 38.8 Å². The summed E-state index contributed by atoms with van der Waals surface area (Å²) in [6.45, 7) is 0. The molecule has 0 radical (unpaired) electrons. The first-order chi connectivity index (χ1) is 21.5. The molecule has 0 aliphatic heterocycles. The average Bonchev–Trinajstić information content (AvgIpc) is 3.28. The van der Waals surface area contributed by atoms with E-state index in [2.05, 4.69) is 9.97 Å². The normalized spacial score (nSPS) is 13.9. The predicted molar refractivity (Wildman–Crippen MR) is 136 cm³/mol. The molecule has 0 spiro atoms. The van der Waals surface area contributed by atoms with Gasteiger partial charge < -0.3 is 4.57 Å². The minimum Gasteiger partial charge on any atom is -0.309 e. The highest BCUT2D eigenvalue weighted by Gasteiger charge is 2.42. The standard InChI is InChI=1S/C29H10F15N3/c30-25(31,32)11-1-3-12(4-2-11)47-17-7-5-13-15(26(33,34)35)9-19(28(39,40)41)45-23(13)21(17)22-18(47)8-6-14-16(27(36,37)38)10-20(29(42,43)44)46-24(14)22/h1-10H. The molecule has 0 bridgehead atoms. The largest absolute Gasteiger partial charge is 0.433 e. The molecule has 18 heteroatoms. The lowest BCUT2D eigenvalue weighted by Gasteiger charge is -2.16. The monoisotopic (exact) mass is 685 g/mol. The Balaban J connectivity index is 1.92. The topological polar surface area (TPSA) is 30.7 Å². The third-order valence-electron chi connectivity index (χ3n) is 7.30. The van der Waals surface area contributed by atoms with Crippen molar-refractivity contribution < 1.29 is 65.9 Å². The fourth-order valence-corrected chi connectivity index (χ4v) is 5.39. The van der Waals surface area contributed by atoms with Crippen molar-refractivity contribution in [2.45, 2.75) is 30.9 Å². The van der Waals surface area contributed by atoms with Gasteiger partial charge in [0.15, 0.2) is 0 Å². The molecule has 0 saturated carbocycles. The number of hydrogen-bond acceptors (Lipinski definition) is 2. The maximum absolute atomic E-state index is 14.1. The summed E-state index contributed by atoms with van der Waals surface area (Å²) in [4.78, 5) is 6.68. The lowest BCUT2D eigenvalue weighted by atomic mass is 9.99. The number of rotatable bonds is 1. The fraction of sp³-hybridized carbons (Fsp3) is 0.172. The van der Waals surface area contributed by atoms with Gasteiger partial charge in [0.25, 0.3) is 0 Å². The van der Waals surface area contributed by atoms with E-state index in [4.69, 9.17) is 0 Å². The molecule has 47 heavy (non-hydrogen) atoms. The van der Waals surface area contributed by atoms with E-state index in [0.717, 1.165) is 28.8 Å². The van der Waals surface area contributed by atoms with E-state index in [-0.39, 0.29) is 17.8 Å². The molecule has 6 aromatic rings. The van der Waals surface area contributed by atoms with E-state index < -0.39 is 103 Å². The number of alkyl halides is 15. The first-order valence-electron chi connectivity index (χ1n) is 12.7. The van der Waals surface area contributed by atoms with Gasteiger partial charge in [-0.05, 0) is 48.5 Å². The molecule has 6 rings (SSSR count). The first-order valence-corrected chi connectivity index (χ1v) is 12.7. The summed E-state index contributed by atoms with van der Waals surface area (Å²) >= 11 is 0. The molecule has 3 aromatic heterocycles. The predicted octanol–water partition coefficient (Wildman–Crippen LogP) is 11.0. The number of fused-ring (bicyclic) bond motifs is 7. The van der Waals surface area contributed by atoms with Crippen LogP contribution < -0.4 is 0 Å². The smallest absolute Gasteiger partial charge is 0.309 e. The van der Waals surface area contributed by atoms with Crippen LogP contribution in [-0.2, 0) is 30.9 Å². The Morgan fingerprint density at radius 1 is 0.426 bits per heavy atom. The van der Waals surface area contributed by atoms with E-state index in [1.165, 1.54) is 0 Å². The van der Waals surface area contributed by atoms with Crippen LogP contribution in [0, 0.1) is 0 Å². The number of hydrogen-bond donors (Lipinski definition) is 0. The molecule has 3 nitrogen and oxygen atoms in total. The fourth-order valence-electron chi connectivity index (χ4n) is 5.39. The second-order valence-corrected chi connectivity index (χ2v) is 10.2. The van der Waals surface area contributed by atoms with Crippen molar-refractivity contribution >= 4 is 43.6 Å². The van der Waals surface area contributed by atoms with Crippen LogP contribution in [0.2, 0.25) is 0 Å². The molecule has 0 unspecified atom stereocenters. The maximum Gasteiger partial charge on any atom is 0.433 e. The van der Waals surface area contributed by atoms with Crippen LogP contribution in [0.5, 0.6) is 0 Å². The lowest BCUT2D eigenvalue weighted by molar-refractivity contribution is -0.146. The van der Waals surface area contributed by atoms with Crippen LogP contribution >= 0.6 is 0 Å². The molecular weight excluding hydrogens is 675 g/mol. The molecule has 246 valence electrons. The second-order valence-electron chi connectivity index (χ2n) is 10.2. The molecule has 3 aromatic carbocycles. The third-order valence-corrected chi connectivity index (χ3v) is 7.30. The maximum atomic E-state index is 14.1. The quantitative estimate of drug-likeness (QED) is 0.161. The van der Waals surface area contributed by atoms with Gasteiger partial charge in [0.1, 0.15) is 11.4 Å². The van der Waals surface area contributed by atoms with Gasteiger partial charge in [-0.15, -0.1) is 0 Å². The highest BCUT2D eigenvalue weighted by Crippen LogP contribution is 2.47. The Labute approximate surface area is 249 Å². The number of pyridine rings is 2. The van der Waals surface area contributed by atoms with Crippen LogP contribution in [0.15, 0.2) is 60.7 Å². The van der Waals surface area contributed by atoms with E-state index in [0.29, 0.717) is 24.3 Å². The van der Waals surface area contributed by atoms with Crippen molar-refractivity contribution in [2.24, 2.45) is 0 Å². The lowest BCUT2D eigenvalue weighted by Crippen LogP contribution is -2.14. The Morgan fingerprint density at radius 3 is 1.13 bits per heavy atom. The number of halogens is 15. The van der Waals surface area contributed by atoms with Crippen LogP contribution in [0.3, 0.4) is 0 Å². The van der Waals surface area contributed by atoms with Gasteiger partial charge in [-0.1, -0.05) is 12.1 Å². The second kappa shape index (κ2) is 9.87. The summed E-state index contributed by atoms with van der Waals surface area (Å²) in [5.41, 5.74) is -12.3. The van der Waals surface area contributed by atoms with Gasteiger partial charge >= 0.3 is 30.9 Å². The van der Waals surface area contributed by atoms with Crippen molar-refractivity contribution in [2.75, 3.05) is 0 Å². The SMILES string of the molecule is FC(F)(F)c1ccc(-n2c3ccc4c(C(F)(F)F)cc(C(F)(F)F)nc4c3c3c4nc(C(F)(F)F)cc(C(F)(F)F)c4ccc32)cc1. The Hall–Kier alpha value is -4.77. The molecule has 0 fully saturated rings. The Kier molecular flexibility index (Phi) is 6.76. The summed E-state index contributed by atoms with van der Waals surface area (Å²) in [5.74, 6) is 0. The first kappa shape index (κ1) is 32.2. The van der Waals surface area contributed by atoms with Crippen molar-refractivity contribution in [1.82, 2.24) is 14.5 Å². The van der Waals surface area contributed by atoms with E-state index in [1.807, 2.05) is 0 Å². The van der Waals surface area contributed by atoms with Gasteiger partial charge in [-0.3, -0.25) is 0 Å². The van der Waals surface area contributed by atoms with E-state index in [9.17, 15) is 65.9 Å². The van der Waals surface area contributed by atoms with Gasteiger partial charge in [0.2, 0.25) is 0 Å². The Bertz CT molecular complexity index is 2090. The van der Waals surface area contributed by atoms with Crippen LogP contribution in [0.1, 0.15) is 28.1 Å². The minimum atomic E-state index is -5.50. The molecule has 0 saturated heterocycles. The zero-order valence-electron chi connectivity index (χ0n) is 22.3. The molecule has 0 aliphatic carbocycles. The Morgan fingerprint density at radius 2 is 0.809 bits per heavy atom. The summed E-state index contributed by atoms with van der Waals surface area (Å²) in [6.07, 6.45) is -26.8. The summed E-state index contributed by atoms with van der Waals surface area (Å²) in [7, 11) is 0. The van der Waals surface area contributed by atoms with Crippen LogP contribution in [0.25, 0.3) is 49.3 Å². The van der Waals surface area contributed by atoms with Crippen molar-refractivity contribution in [3.63, 3.8) is 0 Å². The van der Waals surface area contributed by atoms with E-state index >= 15 is 0 Å². The zero-order chi connectivity index (χ0) is 34.6. The molecule has 0 aliphatic rings. The van der Waals surface area contributed by atoms with Gasteiger partial charge in [-0.2, -0.15) is 65.9 Å². The van der Waals surface area contributed by atoms with Gasteiger partial charge in [0, 0.05) is 27.2 Å². The van der Waals surface area contributed by atoms with Crippen molar-refractivity contribution in [3.8, 4) is 5.69 Å². The number of benzene rings is 3. The molecular formula is C29H10F15N3. The van der Waals surface area contributed by atoms with Crippen molar-refractivity contribution in [1.29, 1.82) is 0 Å². The molecule has 3 heterocycles. The van der Waals surface area contributed by atoms with Crippen LogP contribution in [0.4, 0.5) is 65.9 Å². The van der Waals surface area contributed by atoms with E-state index in [1.54, 1.807) is 0 Å². The van der Waals surface area contributed by atoms with Gasteiger partial charge in [-0.25, -0.2) is 9.97 Å². The number of aromatic nitrogens is 3.